The molecule has 0 unspecified atom stereocenters. The fourth-order valence-corrected chi connectivity index (χ4v) is 11.3. The number of amides is 2. The summed E-state index contributed by atoms with van der Waals surface area (Å²) < 4.78 is 38.6. The van der Waals surface area contributed by atoms with Crippen molar-refractivity contribution in [1.82, 2.24) is 24.5 Å². The maximum absolute atomic E-state index is 14.5. The Hall–Kier alpha value is -6.64. The highest BCUT2D eigenvalue weighted by Gasteiger charge is 2.31. The Bertz CT molecular complexity index is 2950. The van der Waals surface area contributed by atoms with Crippen LogP contribution in [-0.4, -0.2) is 72.2 Å². The fraction of sp³-hybridized carbons (Fsp3) is 0.367. The van der Waals surface area contributed by atoms with Gasteiger partial charge in [0.15, 0.2) is 5.13 Å². The maximum atomic E-state index is 14.5. The van der Waals surface area contributed by atoms with Gasteiger partial charge in [-0.3, -0.25) is 24.4 Å². The zero-order valence-electron chi connectivity index (χ0n) is 37.0. The summed E-state index contributed by atoms with van der Waals surface area (Å²) in [5, 5.41) is 18.4. The standard InChI is InChI=1S/C49H51N9O6S2/c1-3-64-48(61)34-21-23-56(24-22-34)42-18-16-36(26-35(42)27-50)66(62,63)55-47(60)45-37(39-28-51-58(31(39)2)29-32-10-5-4-6-11-32)17-19-44(53-45)57-25-20-33-12-9-13-38(40(33)30-57)46(59)54-49-52-41-14-7-8-15-43(41)65-49/h7-9,12-19,26,28,32,34H,3-6,10-11,20-25,29-30H2,1-2H3,(H,55,60)(H,52,54,59). The molecule has 2 N–H and O–H groups in total. The molecule has 2 fully saturated rings. The largest absolute Gasteiger partial charge is 0.466 e. The van der Waals surface area contributed by atoms with Gasteiger partial charge in [-0.15, -0.1) is 0 Å². The topological polar surface area (TPSA) is 193 Å². The molecule has 2 aliphatic heterocycles. The van der Waals surface area contributed by atoms with Crippen LogP contribution >= 0.6 is 11.3 Å². The minimum atomic E-state index is -4.52. The molecule has 2 amide bonds. The first-order valence-corrected chi connectivity index (χ1v) is 24.9. The van der Waals surface area contributed by atoms with Crippen LogP contribution in [0.5, 0.6) is 0 Å². The van der Waals surface area contributed by atoms with Gasteiger partial charge in [0.1, 0.15) is 17.6 Å². The third kappa shape index (κ3) is 9.25. The Morgan fingerprint density at radius 3 is 2.47 bits per heavy atom. The predicted octanol–water partition coefficient (Wildman–Crippen LogP) is 8.03. The molecule has 0 radical (unpaired) electrons. The van der Waals surface area contributed by atoms with Gasteiger partial charge in [-0.2, -0.15) is 10.4 Å². The third-order valence-corrected chi connectivity index (χ3v) is 15.4. The van der Waals surface area contributed by atoms with E-state index >= 15 is 0 Å². The number of esters is 1. The van der Waals surface area contributed by atoms with E-state index in [1.807, 2.05) is 63.9 Å². The summed E-state index contributed by atoms with van der Waals surface area (Å²) in [6.45, 7) is 6.59. The first kappa shape index (κ1) is 44.6. The molecular formula is C49H51N9O6S2. The average Bonchev–Trinajstić information content (AvgIpc) is 3.92. The zero-order valence-corrected chi connectivity index (χ0v) is 38.6. The van der Waals surface area contributed by atoms with Gasteiger partial charge >= 0.3 is 5.97 Å². The van der Waals surface area contributed by atoms with Crippen molar-refractivity contribution in [3.63, 3.8) is 0 Å². The Morgan fingerprint density at radius 1 is 0.894 bits per heavy atom. The van der Waals surface area contributed by atoms with E-state index in [1.54, 1.807) is 31.3 Å². The predicted molar refractivity (Wildman–Crippen MR) is 253 cm³/mol. The van der Waals surface area contributed by atoms with Crippen LogP contribution in [0.1, 0.15) is 95.1 Å². The fourth-order valence-electron chi connectivity index (χ4n) is 9.50. The number of nitriles is 1. The van der Waals surface area contributed by atoms with Crippen LogP contribution < -0.4 is 19.8 Å². The molecule has 0 atom stereocenters. The lowest BCUT2D eigenvalue weighted by Crippen LogP contribution is -2.37. The summed E-state index contributed by atoms with van der Waals surface area (Å²) in [6.07, 6.45) is 9.26. The molecule has 5 heterocycles. The molecule has 6 aromatic rings. The van der Waals surface area contributed by atoms with Crippen LogP contribution in [-0.2, 0) is 39.1 Å². The van der Waals surface area contributed by atoms with Crippen molar-refractivity contribution in [2.24, 2.45) is 11.8 Å². The van der Waals surface area contributed by atoms with Crippen molar-refractivity contribution in [3.05, 3.63) is 113 Å². The van der Waals surface area contributed by atoms with Gasteiger partial charge in [-0.1, -0.05) is 54.9 Å². The number of thiazole rings is 1. The Balaban J connectivity index is 1.000. The molecule has 340 valence electrons. The van der Waals surface area contributed by atoms with Crippen molar-refractivity contribution >= 4 is 66.0 Å². The zero-order chi connectivity index (χ0) is 46.0. The average molecular weight is 926 g/mol. The molecule has 0 spiro atoms. The van der Waals surface area contributed by atoms with Gasteiger partial charge in [0, 0.05) is 55.1 Å². The van der Waals surface area contributed by atoms with Crippen molar-refractivity contribution in [2.45, 2.75) is 83.2 Å². The lowest BCUT2D eigenvalue weighted by atomic mass is 9.89. The lowest BCUT2D eigenvalue weighted by molar-refractivity contribution is -0.148. The number of ether oxygens (including phenoxy) is 1. The molecule has 1 saturated carbocycles. The van der Waals surface area contributed by atoms with Crippen LogP contribution in [0.25, 0.3) is 21.3 Å². The first-order chi connectivity index (χ1) is 32.0. The smallest absolute Gasteiger partial charge is 0.309 e. The number of nitrogens with one attached hydrogen (secondary N) is 2. The summed E-state index contributed by atoms with van der Waals surface area (Å²) in [6, 6.07) is 23.3. The second kappa shape index (κ2) is 19.1. The van der Waals surface area contributed by atoms with Gasteiger partial charge in [0.2, 0.25) is 0 Å². The number of aromatic nitrogens is 4. The van der Waals surface area contributed by atoms with Gasteiger partial charge < -0.3 is 14.5 Å². The number of carbonyl (C=O) groups is 3. The first-order valence-electron chi connectivity index (χ1n) is 22.6. The number of nitrogens with zero attached hydrogens (tertiary/aromatic N) is 7. The van der Waals surface area contributed by atoms with Crippen molar-refractivity contribution in [2.75, 3.05) is 41.4 Å². The minimum absolute atomic E-state index is 0.106. The number of para-hydroxylation sites is 1. The number of anilines is 3. The van der Waals surface area contributed by atoms with Crippen molar-refractivity contribution in [3.8, 4) is 17.2 Å². The molecule has 3 aromatic heterocycles. The number of hydrogen-bond donors (Lipinski definition) is 2. The molecule has 1 saturated heterocycles. The van der Waals surface area contributed by atoms with E-state index in [9.17, 15) is 28.1 Å². The quantitative estimate of drug-likeness (QED) is 0.113. The van der Waals surface area contributed by atoms with Crippen molar-refractivity contribution < 1.29 is 27.5 Å². The summed E-state index contributed by atoms with van der Waals surface area (Å²) in [7, 11) is -4.52. The Kier molecular flexibility index (Phi) is 12.9. The van der Waals surface area contributed by atoms with Crippen LogP contribution in [0.15, 0.2) is 83.9 Å². The van der Waals surface area contributed by atoms with Crippen molar-refractivity contribution in [1.29, 1.82) is 5.26 Å². The van der Waals surface area contributed by atoms with Crippen LogP contribution in [0.3, 0.4) is 0 Å². The number of benzene rings is 3. The second-order valence-electron chi connectivity index (χ2n) is 17.2. The summed E-state index contributed by atoms with van der Waals surface area (Å²) in [5.41, 5.74) is 5.63. The second-order valence-corrected chi connectivity index (χ2v) is 19.9. The highest BCUT2D eigenvalue weighted by Crippen LogP contribution is 2.34. The van der Waals surface area contributed by atoms with Crippen LogP contribution in [0.2, 0.25) is 0 Å². The van der Waals surface area contributed by atoms with Gasteiger partial charge in [0.25, 0.3) is 21.8 Å². The molecule has 15 nitrogen and oxygen atoms in total. The van der Waals surface area contributed by atoms with E-state index < -0.39 is 15.9 Å². The minimum Gasteiger partial charge on any atom is -0.466 e. The maximum Gasteiger partial charge on any atom is 0.309 e. The number of fused-ring (bicyclic) bond motifs is 2. The molecule has 66 heavy (non-hydrogen) atoms. The number of sulfonamides is 1. The number of hydrogen-bond acceptors (Lipinski definition) is 13. The Labute approximate surface area is 387 Å². The van der Waals surface area contributed by atoms with E-state index in [-0.39, 0.29) is 33.9 Å². The summed E-state index contributed by atoms with van der Waals surface area (Å²) in [4.78, 5) is 53.9. The SMILES string of the molecule is CCOC(=O)C1CCN(c2ccc(S(=O)(=O)NC(=O)c3nc(N4CCc5cccc(C(=O)Nc6nc7ccccc7s6)c5C4)ccc3-c3cnn(CC4CCCCC4)c3C)cc2C#N)CC1. The van der Waals surface area contributed by atoms with Gasteiger partial charge in [-0.05, 0) is 112 Å². The monoisotopic (exact) mass is 925 g/mol. The number of pyridine rings is 1. The highest BCUT2D eigenvalue weighted by molar-refractivity contribution is 7.90. The molecule has 1 aliphatic carbocycles. The normalized spacial score (nSPS) is 15.8. The molecule has 17 heteroatoms. The molecular weight excluding hydrogens is 875 g/mol. The third-order valence-electron chi connectivity index (χ3n) is 13.1. The number of rotatable bonds is 12. The van der Waals surface area contributed by atoms with Gasteiger partial charge in [0.05, 0.1) is 45.1 Å². The van der Waals surface area contributed by atoms with E-state index in [2.05, 4.69) is 21.1 Å². The molecule has 3 aromatic carbocycles. The Morgan fingerprint density at radius 2 is 1.70 bits per heavy atom. The summed E-state index contributed by atoms with van der Waals surface area (Å²) in [5.74, 6) is -0.771. The number of piperidine rings is 1. The lowest BCUT2D eigenvalue weighted by Gasteiger charge is -2.33. The highest BCUT2D eigenvalue weighted by atomic mass is 32.2. The van der Waals surface area contributed by atoms with E-state index in [0.29, 0.717) is 91.3 Å². The van der Waals surface area contributed by atoms with E-state index in [4.69, 9.17) is 14.8 Å². The summed E-state index contributed by atoms with van der Waals surface area (Å²) >= 11 is 1.40. The van der Waals surface area contributed by atoms with E-state index in [0.717, 1.165) is 46.4 Å². The molecule has 0 bridgehead atoms. The van der Waals surface area contributed by atoms with Gasteiger partial charge in [-0.25, -0.2) is 23.1 Å². The van der Waals surface area contributed by atoms with Crippen LogP contribution in [0.4, 0.5) is 16.6 Å². The molecule has 9 rings (SSSR count). The number of carbonyl (C=O) groups excluding carboxylic acids is 3. The van der Waals surface area contributed by atoms with E-state index in [1.165, 1.54) is 42.7 Å². The molecule has 3 aliphatic rings. The van der Waals surface area contributed by atoms with Crippen LogP contribution in [0, 0.1) is 30.1 Å².